The number of fused-ring (bicyclic) bond motifs is 3. The molecule has 7 aromatic carbocycles. The molecule has 0 amide bonds. The molecule has 0 N–H and O–H groups in total. The van der Waals surface area contributed by atoms with Gasteiger partial charge in [-0.2, -0.15) is 0 Å². The molecule has 3 heteroatoms. The summed E-state index contributed by atoms with van der Waals surface area (Å²) in [6, 6.07) is 64.6. The Hall–Kier alpha value is -6.16. The second-order valence-corrected chi connectivity index (χ2v) is 13.3. The molecule has 230 valence electrons. The molecule has 2 heterocycles. The summed E-state index contributed by atoms with van der Waals surface area (Å²) in [5, 5.41) is 2.32. The molecule has 2 aromatic heterocycles. The standard InChI is InChI=1S/C46H30N2S/c1-3-13-31(14-4-1)33-17-9-18-34(27-33)35-19-10-20-36(28-35)37-21-11-22-38(29-37)39-23-12-24-40(30-39)45-47-44(32-15-5-2-6-16-32)43-41-25-7-8-26-42(41)49-46(43)48-45/h1-30H. The number of hydrogen-bond acceptors (Lipinski definition) is 3. The molecule has 49 heavy (non-hydrogen) atoms. The highest BCUT2D eigenvalue weighted by atomic mass is 32.1. The lowest BCUT2D eigenvalue weighted by atomic mass is 9.94. The highest BCUT2D eigenvalue weighted by Crippen LogP contribution is 2.40. The average molecular weight is 643 g/mol. The van der Waals surface area contributed by atoms with Crippen LogP contribution in [0, 0.1) is 0 Å². The van der Waals surface area contributed by atoms with Crippen LogP contribution in [0.15, 0.2) is 182 Å². The lowest BCUT2D eigenvalue weighted by molar-refractivity contribution is 1.24. The number of hydrogen-bond donors (Lipinski definition) is 0. The summed E-state index contributed by atoms with van der Waals surface area (Å²) in [5.41, 5.74) is 12.6. The topological polar surface area (TPSA) is 25.8 Å². The minimum atomic E-state index is 0.737. The first kappa shape index (κ1) is 29.0. The normalized spacial score (nSPS) is 11.3. The molecule has 0 unspecified atom stereocenters. The van der Waals surface area contributed by atoms with Gasteiger partial charge in [0.25, 0.3) is 0 Å². The monoisotopic (exact) mass is 642 g/mol. The molecule has 9 aromatic rings. The van der Waals surface area contributed by atoms with E-state index in [9.17, 15) is 0 Å². The first-order valence-corrected chi connectivity index (χ1v) is 17.3. The molecule has 0 bridgehead atoms. The van der Waals surface area contributed by atoms with Crippen LogP contribution in [0.4, 0.5) is 0 Å². The summed E-state index contributed by atoms with van der Waals surface area (Å²) in [6.07, 6.45) is 0. The van der Waals surface area contributed by atoms with Gasteiger partial charge in [0, 0.05) is 26.6 Å². The van der Waals surface area contributed by atoms with Crippen molar-refractivity contribution in [2.45, 2.75) is 0 Å². The van der Waals surface area contributed by atoms with Crippen molar-refractivity contribution in [2.24, 2.45) is 0 Å². The van der Waals surface area contributed by atoms with E-state index in [4.69, 9.17) is 9.97 Å². The number of thiophene rings is 1. The predicted octanol–water partition coefficient (Wildman–Crippen LogP) is 12.8. The molecule has 0 saturated carbocycles. The van der Waals surface area contributed by atoms with E-state index in [0.717, 1.165) is 44.0 Å². The fourth-order valence-corrected chi connectivity index (χ4v) is 7.74. The van der Waals surface area contributed by atoms with Crippen molar-refractivity contribution in [3.8, 4) is 67.2 Å². The minimum absolute atomic E-state index is 0.737. The molecule has 0 aliphatic heterocycles. The van der Waals surface area contributed by atoms with Crippen molar-refractivity contribution in [2.75, 3.05) is 0 Å². The third kappa shape index (κ3) is 5.61. The largest absolute Gasteiger partial charge is 0.227 e. The molecule has 0 aliphatic carbocycles. The van der Waals surface area contributed by atoms with Crippen LogP contribution in [0.3, 0.4) is 0 Å². The smallest absolute Gasteiger partial charge is 0.161 e. The van der Waals surface area contributed by atoms with Crippen molar-refractivity contribution in [1.29, 1.82) is 0 Å². The molecule has 0 aliphatic rings. The third-order valence-corrected chi connectivity index (χ3v) is 10.2. The van der Waals surface area contributed by atoms with Crippen LogP contribution >= 0.6 is 11.3 Å². The molecular formula is C46H30N2S. The second-order valence-electron chi connectivity index (χ2n) is 12.2. The number of benzene rings is 7. The zero-order valence-electron chi connectivity index (χ0n) is 26.6. The Kier molecular flexibility index (Phi) is 7.38. The summed E-state index contributed by atoms with van der Waals surface area (Å²) in [7, 11) is 0. The first-order valence-electron chi connectivity index (χ1n) is 16.5. The van der Waals surface area contributed by atoms with Crippen molar-refractivity contribution in [1.82, 2.24) is 9.97 Å². The zero-order valence-corrected chi connectivity index (χ0v) is 27.4. The summed E-state index contributed by atoms with van der Waals surface area (Å²) in [5.74, 6) is 0.737. The van der Waals surface area contributed by atoms with Gasteiger partial charge >= 0.3 is 0 Å². The van der Waals surface area contributed by atoms with Crippen LogP contribution < -0.4 is 0 Å². The van der Waals surface area contributed by atoms with Gasteiger partial charge in [-0.15, -0.1) is 11.3 Å². The second kappa shape index (κ2) is 12.5. The van der Waals surface area contributed by atoms with Crippen LogP contribution in [0.5, 0.6) is 0 Å². The fourth-order valence-electron chi connectivity index (χ4n) is 6.66. The van der Waals surface area contributed by atoms with E-state index >= 15 is 0 Å². The Morgan fingerprint density at radius 2 is 0.735 bits per heavy atom. The fraction of sp³-hybridized carbons (Fsp3) is 0. The molecule has 0 radical (unpaired) electrons. The Balaban J connectivity index is 1.08. The summed E-state index contributed by atoms with van der Waals surface area (Å²) < 4.78 is 1.22. The SMILES string of the molecule is c1ccc(-c2cccc(-c3cccc(-c4cccc(-c5cccc(-c6nc(-c7ccccc7)c7c(n6)sc6ccccc67)c5)c4)c3)c2)cc1. The van der Waals surface area contributed by atoms with Gasteiger partial charge in [-0.05, 0) is 74.8 Å². The van der Waals surface area contributed by atoms with E-state index in [2.05, 4.69) is 176 Å². The third-order valence-electron chi connectivity index (χ3n) is 9.10. The molecular weight excluding hydrogens is 613 g/mol. The zero-order chi connectivity index (χ0) is 32.6. The number of nitrogens with zero attached hydrogens (tertiary/aromatic N) is 2. The molecule has 0 spiro atoms. The van der Waals surface area contributed by atoms with E-state index in [1.807, 2.05) is 6.07 Å². The van der Waals surface area contributed by atoms with E-state index in [1.54, 1.807) is 11.3 Å². The van der Waals surface area contributed by atoms with Crippen molar-refractivity contribution < 1.29 is 0 Å². The van der Waals surface area contributed by atoms with Gasteiger partial charge < -0.3 is 0 Å². The summed E-state index contributed by atoms with van der Waals surface area (Å²) >= 11 is 1.73. The molecule has 0 saturated heterocycles. The lowest BCUT2D eigenvalue weighted by Gasteiger charge is -2.11. The summed E-state index contributed by atoms with van der Waals surface area (Å²) in [6.45, 7) is 0. The van der Waals surface area contributed by atoms with Gasteiger partial charge in [-0.1, -0.05) is 152 Å². The number of rotatable bonds is 6. The first-order chi connectivity index (χ1) is 24.3. The van der Waals surface area contributed by atoms with E-state index in [0.29, 0.717) is 0 Å². The average Bonchev–Trinajstić information content (AvgIpc) is 3.57. The van der Waals surface area contributed by atoms with Crippen LogP contribution in [0.2, 0.25) is 0 Å². The lowest BCUT2D eigenvalue weighted by Crippen LogP contribution is -1.94. The maximum Gasteiger partial charge on any atom is 0.161 e. The van der Waals surface area contributed by atoms with E-state index in [-0.39, 0.29) is 0 Å². The van der Waals surface area contributed by atoms with E-state index in [1.165, 1.54) is 43.5 Å². The summed E-state index contributed by atoms with van der Waals surface area (Å²) in [4.78, 5) is 11.4. The van der Waals surface area contributed by atoms with Crippen LogP contribution in [-0.2, 0) is 0 Å². The molecule has 0 atom stereocenters. The highest BCUT2D eigenvalue weighted by molar-refractivity contribution is 7.25. The van der Waals surface area contributed by atoms with Crippen LogP contribution in [0.1, 0.15) is 0 Å². The van der Waals surface area contributed by atoms with Gasteiger partial charge in [0.1, 0.15) is 4.83 Å². The Morgan fingerprint density at radius 3 is 1.29 bits per heavy atom. The Labute approximate surface area is 289 Å². The van der Waals surface area contributed by atoms with Crippen LogP contribution in [-0.4, -0.2) is 9.97 Å². The van der Waals surface area contributed by atoms with E-state index < -0.39 is 0 Å². The van der Waals surface area contributed by atoms with Crippen molar-refractivity contribution in [3.63, 3.8) is 0 Å². The predicted molar refractivity (Wildman–Crippen MR) is 208 cm³/mol. The maximum absolute atomic E-state index is 5.22. The van der Waals surface area contributed by atoms with Gasteiger partial charge in [0.2, 0.25) is 0 Å². The van der Waals surface area contributed by atoms with Crippen LogP contribution in [0.25, 0.3) is 87.5 Å². The molecule has 2 nitrogen and oxygen atoms in total. The van der Waals surface area contributed by atoms with Gasteiger partial charge in [0.05, 0.1) is 5.69 Å². The van der Waals surface area contributed by atoms with Gasteiger partial charge in [-0.25, -0.2) is 9.97 Å². The highest BCUT2D eigenvalue weighted by Gasteiger charge is 2.17. The maximum atomic E-state index is 5.22. The minimum Gasteiger partial charge on any atom is -0.227 e. The quantitative estimate of drug-likeness (QED) is 0.180. The van der Waals surface area contributed by atoms with Gasteiger partial charge in [-0.3, -0.25) is 0 Å². The Morgan fingerprint density at radius 1 is 0.327 bits per heavy atom. The number of aromatic nitrogens is 2. The van der Waals surface area contributed by atoms with Gasteiger partial charge in [0.15, 0.2) is 5.82 Å². The molecule has 0 fully saturated rings. The van der Waals surface area contributed by atoms with Crippen molar-refractivity contribution >= 4 is 31.6 Å². The van der Waals surface area contributed by atoms with Crippen molar-refractivity contribution in [3.05, 3.63) is 182 Å². The Bertz CT molecular complexity index is 2600. The molecule has 9 rings (SSSR count).